The third-order valence-corrected chi connectivity index (χ3v) is 5.65. The molecule has 3 aromatic rings. The molecule has 0 unspecified atom stereocenters. The third kappa shape index (κ3) is 2.81. The maximum Gasteiger partial charge on any atom is 0.226 e. The van der Waals surface area contributed by atoms with Gasteiger partial charge in [0.2, 0.25) is 5.95 Å². The van der Waals surface area contributed by atoms with Crippen LogP contribution in [-0.2, 0) is 4.79 Å². The van der Waals surface area contributed by atoms with Gasteiger partial charge in [-0.3, -0.25) is 4.79 Å². The van der Waals surface area contributed by atoms with Gasteiger partial charge in [-0.15, -0.1) is 0 Å². The SMILES string of the molecule is O=C1C[C@@H](c2ccc(F)cc2)C=C2Nc3ncnn3[C@@H](c3ccc(Cl)cc3)[C@H]12. The van der Waals surface area contributed by atoms with E-state index in [1.807, 2.05) is 24.3 Å². The molecule has 1 aromatic heterocycles. The van der Waals surface area contributed by atoms with Crippen LogP contribution in [0.1, 0.15) is 29.5 Å². The summed E-state index contributed by atoms with van der Waals surface area (Å²) in [6.45, 7) is 0. The molecule has 0 radical (unpaired) electrons. The summed E-state index contributed by atoms with van der Waals surface area (Å²) >= 11 is 6.04. The van der Waals surface area contributed by atoms with Crippen LogP contribution in [0, 0.1) is 11.7 Å². The Bertz CT molecular complexity index is 1070. The topological polar surface area (TPSA) is 59.8 Å². The summed E-state index contributed by atoms with van der Waals surface area (Å²) in [7, 11) is 0. The van der Waals surface area contributed by atoms with Crippen LogP contribution >= 0.6 is 11.6 Å². The standard InChI is InChI=1S/C21H16ClFN4O/c22-15-5-1-13(2-6-15)20-19-17(26-21-24-11-25-27(20)21)9-14(10-18(19)28)12-3-7-16(23)8-4-12/h1-9,11,14,19-20H,10H2,(H,24,25,26)/t14-,19-,20-/m0/s1. The minimum atomic E-state index is -0.382. The van der Waals surface area contributed by atoms with E-state index in [4.69, 9.17) is 11.6 Å². The van der Waals surface area contributed by atoms with Crippen molar-refractivity contribution in [3.8, 4) is 0 Å². The first-order valence-electron chi connectivity index (χ1n) is 9.02. The van der Waals surface area contributed by atoms with Crippen LogP contribution in [0.3, 0.4) is 0 Å². The van der Waals surface area contributed by atoms with Crippen molar-refractivity contribution in [2.45, 2.75) is 18.4 Å². The maximum atomic E-state index is 13.3. The monoisotopic (exact) mass is 394 g/mol. The van der Waals surface area contributed by atoms with Gasteiger partial charge in [0.1, 0.15) is 17.9 Å². The summed E-state index contributed by atoms with van der Waals surface area (Å²) in [5.41, 5.74) is 2.67. The van der Waals surface area contributed by atoms with Gasteiger partial charge >= 0.3 is 0 Å². The second-order valence-electron chi connectivity index (χ2n) is 7.08. The van der Waals surface area contributed by atoms with Crippen molar-refractivity contribution in [3.05, 3.63) is 88.6 Å². The molecule has 0 saturated carbocycles. The lowest BCUT2D eigenvalue weighted by atomic mass is 9.76. The highest BCUT2D eigenvalue weighted by molar-refractivity contribution is 6.30. The van der Waals surface area contributed by atoms with E-state index in [0.717, 1.165) is 16.8 Å². The Hall–Kier alpha value is -2.99. The Morgan fingerprint density at radius 3 is 2.54 bits per heavy atom. The quantitative estimate of drug-likeness (QED) is 0.702. The molecule has 5 nitrogen and oxygen atoms in total. The largest absolute Gasteiger partial charge is 0.328 e. The Morgan fingerprint density at radius 2 is 1.79 bits per heavy atom. The molecule has 28 heavy (non-hydrogen) atoms. The number of nitrogens with one attached hydrogen (secondary N) is 1. The number of hydrogen-bond donors (Lipinski definition) is 1. The molecule has 0 fully saturated rings. The van der Waals surface area contributed by atoms with E-state index >= 15 is 0 Å². The first-order chi connectivity index (χ1) is 13.6. The highest BCUT2D eigenvalue weighted by Crippen LogP contribution is 2.44. The van der Waals surface area contributed by atoms with Crippen LogP contribution in [0.15, 0.2) is 66.6 Å². The number of allylic oxidation sites excluding steroid dienone is 2. The molecule has 5 rings (SSSR count). The summed E-state index contributed by atoms with van der Waals surface area (Å²) in [6.07, 6.45) is 3.89. The number of nitrogens with zero attached hydrogens (tertiary/aromatic N) is 3. The number of carbonyl (C=O) groups is 1. The molecule has 2 aromatic carbocycles. The number of rotatable bonds is 2. The van der Waals surface area contributed by atoms with E-state index in [-0.39, 0.29) is 29.5 Å². The van der Waals surface area contributed by atoms with Gasteiger partial charge in [-0.2, -0.15) is 10.1 Å². The number of benzene rings is 2. The van der Waals surface area contributed by atoms with Crippen LogP contribution in [0.5, 0.6) is 0 Å². The zero-order chi connectivity index (χ0) is 19.3. The lowest BCUT2D eigenvalue weighted by molar-refractivity contribution is -0.123. The van der Waals surface area contributed by atoms with Crippen LogP contribution in [0.4, 0.5) is 10.3 Å². The second-order valence-corrected chi connectivity index (χ2v) is 7.51. The average molecular weight is 395 g/mol. The molecule has 7 heteroatoms. The molecule has 3 atom stereocenters. The zero-order valence-electron chi connectivity index (χ0n) is 14.7. The van der Waals surface area contributed by atoms with Crippen molar-refractivity contribution in [1.82, 2.24) is 14.8 Å². The summed E-state index contributed by atoms with van der Waals surface area (Å²) in [4.78, 5) is 17.5. The molecule has 0 spiro atoms. The van der Waals surface area contributed by atoms with Crippen LogP contribution < -0.4 is 5.32 Å². The van der Waals surface area contributed by atoms with E-state index in [1.165, 1.54) is 18.5 Å². The predicted octanol–water partition coefficient (Wildman–Crippen LogP) is 4.34. The predicted molar refractivity (Wildman–Crippen MR) is 104 cm³/mol. The molecule has 1 aliphatic heterocycles. The fourth-order valence-corrected chi connectivity index (χ4v) is 4.22. The smallest absolute Gasteiger partial charge is 0.226 e. The number of carbonyl (C=O) groups excluding carboxylic acids is 1. The lowest BCUT2D eigenvalue weighted by Crippen LogP contribution is -2.40. The first-order valence-corrected chi connectivity index (χ1v) is 9.40. The van der Waals surface area contributed by atoms with Gasteiger partial charge in [0.25, 0.3) is 0 Å². The second kappa shape index (κ2) is 6.56. The number of halogens is 2. The summed E-state index contributed by atoms with van der Waals surface area (Å²) in [5.74, 6) is -0.0715. The van der Waals surface area contributed by atoms with Gasteiger partial charge in [-0.25, -0.2) is 9.07 Å². The fourth-order valence-electron chi connectivity index (χ4n) is 4.09. The van der Waals surface area contributed by atoms with E-state index in [9.17, 15) is 9.18 Å². The Balaban J connectivity index is 1.60. The van der Waals surface area contributed by atoms with Crippen LogP contribution in [0.2, 0.25) is 5.02 Å². The van der Waals surface area contributed by atoms with Crippen molar-refractivity contribution in [1.29, 1.82) is 0 Å². The molecule has 1 aliphatic carbocycles. The van der Waals surface area contributed by atoms with Crippen molar-refractivity contribution in [2.75, 3.05) is 5.32 Å². The molecular formula is C21H16ClFN4O. The molecule has 2 aliphatic rings. The molecule has 140 valence electrons. The zero-order valence-corrected chi connectivity index (χ0v) is 15.5. The molecule has 0 amide bonds. The number of hydrogen-bond acceptors (Lipinski definition) is 4. The van der Waals surface area contributed by atoms with E-state index in [1.54, 1.807) is 16.8 Å². The summed E-state index contributed by atoms with van der Waals surface area (Å²) in [5, 5.41) is 8.24. The summed E-state index contributed by atoms with van der Waals surface area (Å²) in [6, 6.07) is 13.5. The third-order valence-electron chi connectivity index (χ3n) is 5.40. The highest BCUT2D eigenvalue weighted by atomic mass is 35.5. The van der Waals surface area contributed by atoms with E-state index in [0.29, 0.717) is 17.4 Å². The number of aromatic nitrogens is 3. The van der Waals surface area contributed by atoms with Gasteiger partial charge in [0.15, 0.2) is 0 Å². The normalized spacial score (nSPS) is 23.4. The van der Waals surface area contributed by atoms with Crippen molar-refractivity contribution < 1.29 is 9.18 Å². The van der Waals surface area contributed by atoms with Gasteiger partial charge in [-0.05, 0) is 35.4 Å². The van der Waals surface area contributed by atoms with Crippen molar-refractivity contribution in [2.24, 2.45) is 5.92 Å². The number of anilines is 1. The summed E-state index contributed by atoms with van der Waals surface area (Å²) < 4.78 is 15.0. The number of Topliss-reactive ketones (excluding diaryl/α,β-unsaturated/α-hetero) is 1. The Morgan fingerprint density at radius 1 is 1.07 bits per heavy atom. The number of fused-ring (bicyclic) bond motifs is 2. The van der Waals surface area contributed by atoms with E-state index < -0.39 is 0 Å². The Kier molecular flexibility index (Phi) is 4.02. The molecule has 1 N–H and O–H groups in total. The van der Waals surface area contributed by atoms with E-state index in [2.05, 4.69) is 21.5 Å². The Labute approximate surface area is 165 Å². The molecule has 2 heterocycles. The van der Waals surface area contributed by atoms with Gasteiger partial charge in [0.05, 0.1) is 12.0 Å². The highest BCUT2D eigenvalue weighted by Gasteiger charge is 2.43. The number of ketones is 1. The van der Waals surface area contributed by atoms with Gasteiger partial charge in [-0.1, -0.05) is 41.9 Å². The van der Waals surface area contributed by atoms with Crippen LogP contribution in [-0.4, -0.2) is 20.5 Å². The average Bonchev–Trinajstić information content (AvgIpc) is 3.16. The minimum absolute atomic E-state index is 0.104. The van der Waals surface area contributed by atoms with Gasteiger partial charge in [0, 0.05) is 23.1 Å². The molecule has 0 bridgehead atoms. The fraction of sp³-hybridized carbons (Fsp3) is 0.190. The lowest BCUT2D eigenvalue weighted by Gasteiger charge is -2.38. The van der Waals surface area contributed by atoms with Crippen LogP contribution in [0.25, 0.3) is 0 Å². The van der Waals surface area contributed by atoms with Crippen molar-refractivity contribution >= 4 is 23.3 Å². The molecular weight excluding hydrogens is 379 g/mol. The maximum absolute atomic E-state index is 13.3. The van der Waals surface area contributed by atoms with Crippen molar-refractivity contribution in [3.63, 3.8) is 0 Å². The minimum Gasteiger partial charge on any atom is -0.328 e. The first kappa shape index (κ1) is 17.1. The molecule has 0 saturated heterocycles. The van der Waals surface area contributed by atoms with Gasteiger partial charge < -0.3 is 5.32 Å².